The molecule has 0 spiro atoms. The monoisotopic (exact) mass is 340 g/mol. The van der Waals surface area contributed by atoms with Crippen LogP contribution in [0.4, 0.5) is 0 Å². The van der Waals surface area contributed by atoms with Crippen molar-refractivity contribution < 1.29 is 14.3 Å². The van der Waals surface area contributed by atoms with Crippen LogP contribution in [0.1, 0.15) is 21.5 Å². The number of carbonyl (C=O) groups excluding carboxylic acids is 1. The average molecular weight is 341 g/mol. The van der Waals surface area contributed by atoms with E-state index in [0.29, 0.717) is 27.6 Å². The van der Waals surface area contributed by atoms with E-state index < -0.39 is 0 Å². The lowest BCUT2D eigenvalue weighted by Gasteiger charge is -2.15. The molecule has 122 valence electrons. The number of halogens is 1. The molecule has 0 aliphatic heterocycles. The summed E-state index contributed by atoms with van der Waals surface area (Å²) in [5.74, 6) is 1.07. The van der Waals surface area contributed by atoms with Crippen molar-refractivity contribution in [3.8, 4) is 11.5 Å². The van der Waals surface area contributed by atoms with Gasteiger partial charge in [-0.2, -0.15) is 0 Å². The molecule has 0 aliphatic rings. The van der Waals surface area contributed by atoms with E-state index in [2.05, 4.69) is 0 Å². The van der Waals surface area contributed by atoms with Crippen molar-refractivity contribution >= 4 is 28.2 Å². The van der Waals surface area contributed by atoms with Crippen molar-refractivity contribution in [2.75, 3.05) is 14.2 Å². The van der Waals surface area contributed by atoms with Crippen molar-refractivity contribution in [1.82, 2.24) is 0 Å². The Kier molecular flexibility index (Phi) is 4.45. The molecule has 0 aliphatic carbocycles. The van der Waals surface area contributed by atoms with Gasteiger partial charge in [0.25, 0.3) is 0 Å². The van der Waals surface area contributed by atoms with Crippen LogP contribution >= 0.6 is 11.6 Å². The summed E-state index contributed by atoms with van der Waals surface area (Å²) in [6.45, 7) is 1.86. The molecule has 0 N–H and O–H groups in total. The SMILES string of the molecule is COc1cc(C(=O)c2ccc(Cl)cc2C)c(OC)c2ccccc12. The molecule has 3 aromatic rings. The molecule has 24 heavy (non-hydrogen) atoms. The minimum atomic E-state index is -0.120. The normalized spacial score (nSPS) is 10.7. The second-order valence-electron chi connectivity index (χ2n) is 5.49. The van der Waals surface area contributed by atoms with Crippen LogP contribution in [-0.4, -0.2) is 20.0 Å². The molecule has 0 atom stereocenters. The van der Waals surface area contributed by atoms with Crippen molar-refractivity contribution in [2.45, 2.75) is 6.92 Å². The van der Waals surface area contributed by atoms with Gasteiger partial charge in [0.2, 0.25) is 0 Å². The van der Waals surface area contributed by atoms with E-state index in [4.69, 9.17) is 21.1 Å². The molecule has 3 nitrogen and oxygen atoms in total. The van der Waals surface area contributed by atoms with Crippen LogP contribution in [0.3, 0.4) is 0 Å². The molecular weight excluding hydrogens is 324 g/mol. The van der Waals surface area contributed by atoms with Gasteiger partial charge >= 0.3 is 0 Å². The molecule has 3 rings (SSSR count). The first-order valence-corrected chi connectivity index (χ1v) is 7.89. The van der Waals surface area contributed by atoms with Gasteiger partial charge in [-0.3, -0.25) is 4.79 Å². The van der Waals surface area contributed by atoms with Gasteiger partial charge in [-0.1, -0.05) is 35.9 Å². The number of hydrogen-bond acceptors (Lipinski definition) is 3. The van der Waals surface area contributed by atoms with Crippen LogP contribution in [0.5, 0.6) is 11.5 Å². The predicted molar refractivity (Wildman–Crippen MR) is 96.7 cm³/mol. The van der Waals surface area contributed by atoms with E-state index in [1.807, 2.05) is 31.2 Å². The fraction of sp³-hybridized carbons (Fsp3) is 0.150. The van der Waals surface area contributed by atoms with E-state index in [9.17, 15) is 4.79 Å². The van der Waals surface area contributed by atoms with Gasteiger partial charge in [0.1, 0.15) is 11.5 Å². The highest BCUT2D eigenvalue weighted by molar-refractivity contribution is 6.31. The van der Waals surface area contributed by atoms with E-state index in [0.717, 1.165) is 16.3 Å². The third-order valence-electron chi connectivity index (χ3n) is 4.06. The summed E-state index contributed by atoms with van der Waals surface area (Å²) < 4.78 is 11.0. The van der Waals surface area contributed by atoms with Gasteiger partial charge in [0.15, 0.2) is 5.78 Å². The van der Waals surface area contributed by atoms with Crippen molar-refractivity contribution in [3.05, 3.63) is 70.2 Å². The lowest BCUT2D eigenvalue weighted by atomic mass is 9.95. The quantitative estimate of drug-likeness (QED) is 0.623. The van der Waals surface area contributed by atoms with Gasteiger partial charge in [0.05, 0.1) is 19.8 Å². The summed E-state index contributed by atoms with van der Waals surface area (Å²) in [6, 6.07) is 14.7. The van der Waals surface area contributed by atoms with Crippen molar-refractivity contribution in [1.29, 1.82) is 0 Å². The van der Waals surface area contributed by atoms with Crippen LogP contribution in [0.2, 0.25) is 5.02 Å². The van der Waals surface area contributed by atoms with Crippen LogP contribution < -0.4 is 9.47 Å². The first kappa shape index (κ1) is 16.3. The zero-order chi connectivity index (χ0) is 17.3. The fourth-order valence-electron chi connectivity index (χ4n) is 2.90. The first-order valence-electron chi connectivity index (χ1n) is 7.51. The van der Waals surface area contributed by atoms with Crippen LogP contribution in [-0.2, 0) is 0 Å². The summed E-state index contributed by atoms with van der Waals surface area (Å²) in [5, 5.41) is 2.35. The van der Waals surface area contributed by atoms with Crippen molar-refractivity contribution in [2.24, 2.45) is 0 Å². The van der Waals surface area contributed by atoms with Gasteiger partial charge < -0.3 is 9.47 Å². The molecule has 0 aromatic heterocycles. The number of ether oxygens (including phenoxy) is 2. The Labute approximate surface area is 145 Å². The highest BCUT2D eigenvalue weighted by atomic mass is 35.5. The van der Waals surface area contributed by atoms with E-state index in [1.165, 1.54) is 0 Å². The fourth-order valence-corrected chi connectivity index (χ4v) is 3.13. The Morgan fingerprint density at radius 1 is 0.917 bits per heavy atom. The third kappa shape index (κ3) is 2.72. The van der Waals surface area contributed by atoms with E-state index >= 15 is 0 Å². The molecular formula is C20H17ClO3. The molecule has 0 amide bonds. The second-order valence-corrected chi connectivity index (χ2v) is 5.93. The summed E-state index contributed by atoms with van der Waals surface area (Å²) >= 11 is 6.00. The van der Waals surface area contributed by atoms with E-state index in [-0.39, 0.29) is 5.78 Å². The van der Waals surface area contributed by atoms with Gasteiger partial charge in [-0.25, -0.2) is 0 Å². The summed E-state index contributed by atoms with van der Waals surface area (Å²) in [4.78, 5) is 13.1. The van der Waals surface area contributed by atoms with Gasteiger partial charge in [0, 0.05) is 21.4 Å². The number of benzene rings is 3. The topological polar surface area (TPSA) is 35.5 Å². The Morgan fingerprint density at radius 2 is 1.62 bits per heavy atom. The Hall–Kier alpha value is -2.52. The number of carbonyl (C=O) groups is 1. The summed E-state index contributed by atoms with van der Waals surface area (Å²) in [7, 11) is 3.16. The van der Waals surface area contributed by atoms with Gasteiger partial charge in [-0.15, -0.1) is 0 Å². The van der Waals surface area contributed by atoms with Crippen molar-refractivity contribution in [3.63, 3.8) is 0 Å². The van der Waals surface area contributed by atoms with Gasteiger partial charge in [-0.05, 0) is 36.8 Å². The molecule has 0 radical (unpaired) electrons. The molecule has 0 saturated heterocycles. The minimum absolute atomic E-state index is 0.120. The Morgan fingerprint density at radius 3 is 2.25 bits per heavy atom. The highest BCUT2D eigenvalue weighted by Crippen LogP contribution is 2.38. The number of methoxy groups -OCH3 is 2. The molecule has 3 aromatic carbocycles. The van der Waals surface area contributed by atoms with Crippen LogP contribution in [0.15, 0.2) is 48.5 Å². The molecule has 0 fully saturated rings. The van der Waals surface area contributed by atoms with Crippen LogP contribution in [0, 0.1) is 6.92 Å². The Balaban J connectivity index is 2.27. The zero-order valence-electron chi connectivity index (χ0n) is 13.7. The molecule has 0 saturated carbocycles. The highest BCUT2D eigenvalue weighted by Gasteiger charge is 2.21. The number of ketones is 1. The summed E-state index contributed by atoms with van der Waals surface area (Å²) in [6.07, 6.45) is 0. The molecule has 0 bridgehead atoms. The molecule has 0 unspecified atom stereocenters. The number of fused-ring (bicyclic) bond motifs is 1. The lowest BCUT2D eigenvalue weighted by Crippen LogP contribution is -2.07. The predicted octanol–water partition coefficient (Wildman–Crippen LogP) is 5.05. The van der Waals surface area contributed by atoms with E-state index in [1.54, 1.807) is 38.5 Å². The smallest absolute Gasteiger partial charge is 0.197 e. The third-order valence-corrected chi connectivity index (χ3v) is 4.29. The second kappa shape index (κ2) is 6.54. The maximum absolute atomic E-state index is 13.1. The molecule has 4 heteroatoms. The standard InChI is InChI=1S/C20H17ClO3/c1-12-10-13(21)8-9-14(12)19(22)17-11-18(23-2)15-6-4-5-7-16(15)20(17)24-3/h4-11H,1-3H3. The first-order chi connectivity index (χ1) is 11.6. The number of rotatable bonds is 4. The molecule has 0 heterocycles. The largest absolute Gasteiger partial charge is 0.496 e. The average Bonchev–Trinajstić information content (AvgIpc) is 2.59. The van der Waals surface area contributed by atoms with Crippen LogP contribution in [0.25, 0.3) is 10.8 Å². The number of hydrogen-bond donors (Lipinski definition) is 0. The maximum atomic E-state index is 13.1. The lowest BCUT2D eigenvalue weighted by molar-refractivity contribution is 0.103. The maximum Gasteiger partial charge on any atom is 0.197 e. The Bertz CT molecular complexity index is 932. The summed E-state index contributed by atoms with van der Waals surface area (Å²) in [5.41, 5.74) is 1.88. The zero-order valence-corrected chi connectivity index (χ0v) is 14.5. The minimum Gasteiger partial charge on any atom is -0.496 e. The number of aryl methyl sites for hydroxylation is 1.